The van der Waals surface area contributed by atoms with Gasteiger partial charge in [0.05, 0.1) is 12.0 Å². The maximum Gasteiger partial charge on any atom is 0.326 e. The Bertz CT molecular complexity index is 556. The number of nitrogens with one attached hydrogen (secondary N) is 1. The van der Waals surface area contributed by atoms with Crippen molar-refractivity contribution in [2.45, 2.75) is 33.4 Å². The molecule has 0 fully saturated rings. The third-order valence-electron chi connectivity index (χ3n) is 3.54. The molecule has 0 unspecified atom stereocenters. The zero-order chi connectivity index (χ0) is 16.9. The molecule has 4 amide bonds. The number of carboxylic acids is 1. The van der Waals surface area contributed by atoms with Gasteiger partial charge in [-0.05, 0) is 26.3 Å². The smallest absolute Gasteiger partial charge is 0.326 e. The summed E-state index contributed by atoms with van der Waals surface area (Å²) in [7, 11) is 0. The van der Waals surface area contributed by atoms with Crippen molar-refractivity contribution in [3.05, 3.63) is 35.4 Å². The van der Waals surface area contributed by atoms with Gasteiger partial charge >= 0.3 is 18.0 Å². The minimum Gasteiger partial charge on any atom is -0.481 e. The summed E-state index contributed by atoms with van der Waals surface area (Å²) >= 11 is 0. The Hall–Kier alpha value is -2.57. The molecule has 7 nitrogen and oxygen atoms in total. The molecule has 0 aliphatic carbocycles. The molecule has 1 rings (SSSR count). The van der Waals surface area contributed by atoms with E-state index < -0.39 is 30.0 Å². The zero-order valence-electron chi connectivity index (χ0n) is 12.9. The van der Waals surface area contributed by atoms with Crippen LogP contribution in [0.15, 0.2) is 24.3 Å². The van der Waals surface area contributed by atoms with E-state index in [0.29, 0.717) is 0 Å². The summed E-state index contributed by atoms with van der Waals surface area (Å²) in [5.74, 6) is -2.03. The second-order valence-corrected chi connectivity index (χ2v) is 5.22. The van der Waals surface area contributed by atoms with Crippen molar-refractivity contribution in [3.8, 4) is 0 Å². The van der Waals surface area contributed by atoms with Gasteiger partial charge in [-0.3, -0.25) is 4.79 Å². The second-order valence-electron chi connectivity index (χ2n) is 5.22. The van der Waals surface area contributed by atoms with Crippen LogP contribution in [-0.2, 0) is 11.3 Å². The molecule has 0 aromatic heterocycles. The minimum atomic E-state index is -1.11. The summed E-state index contributed by atoms with van der Waals surface area (Å²) in [6.45, 7) is 5.05. The van der Waals surface area contributed by atoms with Gasteiger partial charge in [0.15, 0.2) is 0 Å². The fourth-order valence-electron chi connectivity index (χ4n) is 1.88. The number of imide groups is 1. The summed E-state index contributed by atoms with van der Waals surface area (Å²) < 4.78 is 0. The van der Waals surface area contributed by atoms with Crippen LogP contribution in [0, 0.1) is 12.8 Å². The van der Waals surface area contributed by atoms with Gasteiger partial charge in [-0.15, -0.1) is 0 Å². The average molecular weight is 307 g/mol. The number of nitrogens with two attached hydrogens (primary N) is 1. The van der Waals surface area contributed by atoms with E-state index in [0.717, 1.165) is 16.0 Å². The molecular weight excluding hydrogens is 286 g/mol. The van der Waals surface area contributed by atoms with Crippen molar-refractivity contribution < 1.29 is 19.5 Å². The molecule has 0 spiro atoms. The number of hydrogen-bond donors (Lipinski definition) is 3. The van der Waals surface area contributed by atoms with Crippen LogP contribution in [0.1, 0.15) is 25.0 Å². The van der Waals surface area contributed by atoms with Crippen LogP contribution in [0.5, 0.6) is 0 Å². The molecule has 7 heteroatoms. The number of benzene rings is 1. The molecule has 0 heterocycles. The van der Waals surface area contributed by atoms with Crippen molar-refractivity contribution in [2.24, 2.45) is 11.7 Å². The lowest BCUT2D eigenvalue weighted by Gasteiger charge is -2.28. The lowest BCUT2D eigenvalue weighted by molar-refractivity contribution is -0.142. The van der Waals surface area contributed by atoms with Crippen LogP contribution >= 0.6 is 0 Å². The van der Waals surface area contributed by atoms with E-state index >= 15 is 0 Å². The van der Waals surface area contributed by atoms with E-state index in [1.54, 1.807) is 0 Å². The summed E-state index contributed by atoms with van der Waals surface area (Å²) in [6, 6.07) is 4.97. The fourth-order valence-corrected chi connectivity index (χ4v) is 1.88. The number of hydrogen-bond acceptors (Lipinski definition) is 3. The number of urea groups is 2. The van der Waals surface area contributed by atoms with E-state index in [-0.39, 0.29) is 6.54 Å². The number of carbonyl (C=O) groups excluding carboxylic acids is 2. The molecule has 0 radical (unpaired) electrons. The molecule has 0 aliphatic rings. The third kappa shape index (κ3) is 4.47. The quantitative estimate of drug-likeness (QED) is 0.768. The Morgan fingerprint density at radius 3 is 2.23 bits per heavy atom. The van der Waals surface area contributed by atoms with Gasteiger partial charge in [-0.1, -0.05) is 29.8 Å². The molecular formula is C15H21N3O4. The predicted molar refractivity (Wildman–Crippen MR) is 81.1 cm³/mol. The van der Waals surface area contributed by atoms with Crippen LogP contribution in [0.4, 0.5) is 9.59 Å². The topological polar surface area (TPSA) is 113 Å². The fraction of sp³-hybridized carbons (Fsp3) is 0.400. The molecule has 2 atom stereocenters. The van der Waals surface area contributed by atoms with E-state index in [9.17, 15) is 14.4 Å². The zero-order valence-corrected chi connectivity index (χ0v) is 12.9. The maximum atomic E-state index is 12.1. The van der Waals surface area contributed by atoms with Gasteiger partial charge in [0, 0.05) is 6.54 Å². The highest BCUT2D eigenvalue weighted by atomic mass is 16.4. The van der Waals surface area contributed by atoms with Gasteiger partial charge in [-0.25, -0.2) is 14.5 Å². The predicted octanol–water partition coefficient (Wildman–Crippen LogP) is 1.69. The van der Waals surface area contributed by atoms with Crippen molar-refractivity contribution in [2.75, 3.05) is 0 Å². The minimum absolute atomic E-state index is 0.219. The number of carbonyl (C=O) groups is 3. The van der Waals surface area contributed by atoms with E-state index in [4.69, 9.17) is 10.8 Å². The molecule has 0 saturated carbocycles. The first-order valence-electron chi connectivity index (χ1n) is 6.89. The lowest BCUT2D eigenvalue weighted by Crippen LogP contribution is -2.53. The number of aryl methyl sites for hydroxylation is 1. The largest absolute Gasteiger partial charge is 0.481 e. The van der Waals surface area contributed by atoms with Gasteiger partial charge in [0.2, 0.25) is 0 Å². The molecule has 0 bridgehead atoms. The van der Waals surface area contributed by atoms with E-state index in [1.165, 1.54) is 13.8 Å². The SMILES string of the molecule is Cc1ccc(CNC(=O)N(C(N)=O)[C@@H](C)[C@@H](C)C(=O)O)cc1. The molecule has 22 heavy (non-hydrogen) atoms. The number of carboxylic acid groups (broad SMARTS) is 1. The highest BCUT2D eigenvalue weighted by molar-refractivity contribution is 5.93. The van der Waals surface area contributed by atoms with Crippen LogP contribution in [-0.4, -0.2) is 34.1 Å². The Kier molecular flexibility index (Phi) is 5.91. The molecule has 1 aromatic rings. The number of nitrogens with zero attached hydrogens (tertiary/aromatic N) is 1. The van der Waals surface area contributed by atoms with Crippen LogP contribution in [0.25, 0.3) is 0 Å². The van der Waals surface area contributed by atoms with Crippen LogP contribution in [0.2, 0.25) is 0 Å². The van der Waals surface area contributed by atoms with Crippen molar-refractivity contribution in [1.29, 1.82) is 0 Å². The Labute approximate surface area is 129 Å². The number of aliphatic carboxylic acids is 1. The second kappa shape index (κ2) is 7.44. The number of amides is 4. The number of primary amides is 1. The third-order valence-corrected chi connectivity index (χ3v) is 3.54. The molecule has 4 N–H and O–H groups in total. The van der Waals surface area contributed by atoms with Crippen molar-refractivity contribution in [1.82, 2.24) is 10.2 Å². The molecule has 1 aromatic carbocycles. The van der Waals surface area contributed by atoms with Crippen molar-refractivity contribution in [3.63, 3.8) is 0 Å². The van der Waals surface area contributed by atoms with E-state index in [2.05, 4.69) is 5.32 Å². The first kappa shape index (κ1) is 17.5. The van der Waals surface area contributed by atoms with Gasteiger partial charge in [0.1, 0.15) is 0 Å². The number of rotatable bonds is 5. The maximum absolute atomic E-state index is 12.1. The Morgan fingerprint density at radius 1 is 1.23 bits per heavy atom. The normalized spacial score (nSPS) is 13.0. The van der Waals surface area contributed by atoms with Gasteiger partial charge < -0.3 is 16.2 Å². The Balaban J connectivity index is 2.75. The van der Waals surface area contributed by atoms with Gasteiger partial charge in [0.25, 0.3) is 0 Å². The first-order chi connectivity index (χ1) is 10.2. The summed E-state index contributed by atoms with van der Waals surface area (Å²) in [5.41, 5.74) is 7.16. The first-order valence-corrected chi connectivity index (χ1v) is 6.89. The molecule has 0 saturated heterocycles. The molecule has 120 valence electrons. The van der Waals surface area contributed by atoms with Crippen molar-refractivity contribution >= 4 is 18.0 Å². The highest BCUT2D eigenvalue weighted by Gasteiger charge is 2.32. The monoisotopic (exact) mass is 307 g/mol. The van der Waals surface area contributed by atoms with Crippen LogP contribution in [0.3, 0.4) is 0 Å². The van der Waals surface area contributed by atoms with Gasteiger partial charge in [-0.2, -0.15) is 0 Å². The lowest BCUT2D eigenvalue weighted by atomic mass is 10.0. The molecule has 0 aliphatic heterocycles. The van der Waals surface area contributed by atoms with Crippen LogP contribution < -0.4 is 11.1 Å². The summed E-state index contributed by atoms with van der Waals surface area (Å²) in [6.07, 6.45) is 0. The standard InChI is InChI=1S/C15H21N3O4/c1-9-4-6-12(7-5-9)8-17-15(22)18(14(16)21)11(3)10(2)13(19)20/h4-7,10-11H,8H2,1-3H3,(H2,16,21)(H,17,22)(H,19,20)/t10-,11+/m1/s1. The summed E-state index contributed by atoms with van der Waals surface area (Å²) in [5, 5.41) is 11.6. The average Bonchev–Trinajstić information content (AvgIpc) is 2.45. The van der Waals surface area contributed by atoms with E-state index in [1.807, 2.05) is 31.2 Å². The highest BCUT2D eigenvalue weighted by Crippen LogP contribution is 2.12. The summed E-state index contributed by atoms with van der Waals surface area (Å²) in [4.78, 5) is 35.3. The Morgan fingerprint density at radius 2 is 1.77 bits per heavy atom.